The zero-order valence-electron chi connectivity index (χ0n) is 39.5. The highest BCUT2D eigenvalue weighted by Gasteiger charge is 2.28. The minimum absolute atomic E-state index is 0.156. The molecule has 0 aromatic carbocycles. The molecule has 3 atom stereocenters. The average Bonchev–Trinajstić information content (AvgIpc) is 3.25. The Labute approximate surface area is 378 Å². The van der Waals surface area contributed by atoms with Gasteiger partial charge in [-0.1, -0.05) is 185 Å². The van der Waals surface area contributed by atoms with Crippen LogP contribution in [0.25, 0.3) is 0 Å². The lowest BCUT2D eigenvalue weighted by Gasteiger charge is -2.20. The van der Waals surface area contributed by atoms with Gasteiger partial charge in [0, 0.05) is 12.8 Å². The van der Waals surface area contributed by atoms with Crippen LogP contribution in [0, 0.1) is 0 Å². The summed E-state index contributed by atoms with van der Waals surface area (Å²) in [6.07, 6.45) is 50.6. The van der Waals surface area contributed by atoms with E-state index in [0.29, 0.717) is 12.8 Å². The number of hydrogen-bond acceptors (Lipinski definition) is 9. The molecular weight excluding hydrogens is 806 g/mol. The number of phosphoric acid groups is 1. The summed E-state index contributed by atoms with van der Waals surface area (Å²) in [5.41, 5.74) is 5.35. The Morgan fingerprint density at radius 2 is 0.855 bits per heavy atom. The first kappa shape index (κ1) is 59.7. The molecule has 3 unspecified atom stereocenters. The van der Waals surface area contributed by atoms with Crippen molar-refractivity contribution in [3.05, 3.63) is 36.5 Å². The second-order valence-electron chi connectivity index (χ2n) is 16.9. The van der Waals surface area contributed by atoms with Crippen molar-refractivity contribution in [2.24, 2.45) is 5.73 Å². The molecule has 11 nitrogen and oxygen atoms in total. The Bertz CT molecular complexity index is 1190. The number of nitrogens with two attached hydrogens (primary N) is 1. The van der Waals surface area contributed by atoms with Crippen LogP contribution >= 0.6 is 7.82 Å². The predicted molar refractivity (Wildman–Crippen MR) is 254 cm³/mol. The van der Waals surface area contributed by atoms with E-state index in [2.05, 4.69) is 54.8 Å². The fraction of sp³-hybridized carbons (Fsp3) is 0.820. The summed E-state index contributed by atoms with van der Waals surface area (Å²) in [5.74, 6) is -2.38. The van der Waals surface area contributed by atoms with Crippen molar-refractivity contribution in [3.63, 3.8) is 0 Å². The number of carboxylic acid groups (broad SMARTS) is 1. The van der Waals surface area contributed by atoms with Crippen LogP contribution in [-0.2, 0) is 37.5 Å². The van der Waals surface area contributed by atoms with Crippen LogP contribution in [0.1, 0.15) is 232 Å². The second-order valence-corrected chi connectivity index (χ2v) is 18.4. The first-order chi connectivity index (χ1) is 30.1. The van der Waals surface area contributed by atoms with E-state index in [0.717, 1.165) is 57.8 Å². The molecular formula is C50H92NO10P. The number of rotatable bonds is 47. The van der Waals surface area contributed by atoms with Gasteiger partial charge in [-0.05, 0) is 70.6 Å². The molecule has 62 heavy (non-hydrogen) atoms. The second kappa shape index (κ2) is 45.3. The smallest absolute Gasteiger partial charge is 0.472 e. The summed E-state index contributed by atoms with van der Waals surface area (Å²) in [6.45, 7) is 2.81. The molecule has 0 aliphatic rings. The third kappa shape index (κ3) is 44.3. The Balaban J connectivity index is 4.27. The van der Waals surface area contributed by atoms with E-state index < -0.39 is 51.1 Å². The standard InChI is InChI=1S/C50H92NO10P/c1-3-5-7-9-11-13-15-17-19-21-22-23-24-26-28-30-32-34-36-38-40-42-49(53)61-46(44-59-62(56,57)60-45-47(51)50(54)55)43-58-48(52)41-39-37-35-33-31-29-27-25-20-18-16-14-12-10-8-6-4-2/h15,17-18,20-22,46-47H,3-14,16,19,23-45,51H2,1-2H3,(H,54,55)(H,56,57)/b17-15-,20-18-,22-21-. The van der Waals surface area contributed by atoms with E-state index in [1.165, 1.54) is 135 Å². The molecule has 0 fully saturated rings. The van der Waals surface area contributed by atoms with E-state index in [4.69, 9.17) is 24.8 Å². The normalized spacial score (nSPS) is 13.9. The van der Waals surface area contributed by atoms with E-state index >= 15 is 0 Å². The molecule has 0 amide bonds. The third-order valence-electron chi connectivity index (χ3n) is 10.9. The van der Waals surface area contributed by atoms with Crippen LogP contribution in [0.15, 0.2) is 36.5 Å². The van der Waals surface area contributed by atoms with Gasteiger partial charge in [-0.3, -0.25) is 23.4 Å². The largest absolute Gasteiger partial charge is 0.480 e. The summed E-state index contributed by atoms with van der Waals surface area (Å²) in [4.78, 5) is 46.1. The molecule has 362 valence electrons. The number of allylic oxidation sites excluding steroid dienone is 6. The van der Waals surface area contributed by atoms with Crippen molar-refractivity contribution in [1.29, 1.82) is 0 Å². The topological polar surface area (TPSA) is 172 Å². The summed E-state index contributed by atoms with van der Waals surface area (Å²) in [5, 5.41) is 8.91. The van der Waals surface area contributed by atoms with E-state index in [9.17, 15) is 23.8 Å². The summed E-state index contributed by atoms with van der Waals surface area (Å²) in [7, 11) is -4.72. The van der Waals surface area contributed by atoms with Gasteiger partial charge in [-0.25, -0.2) is 4.57 Å². The quantitative estimate of drug-likeness (QED) is 0.0230. The van der Waals surface area contributed by atoms with Crippen LogP contribution < -0.4 is 5.73 Å². The van der Waals surface area contributed by atoms with Gasteiger partial charge in [0.25, 0.3) is 0 Å². The van der Waals surface area contributed by atoms with Crippen molar-refractivity contribution in [2.75, 3.05) is 19.8 Å². The molecule has 0 saturated carbocycles. The van der Waals surface area contributed by atoms with Crippen molar-refractivity contribution in [2.45, 2.75) is 244 Å². The lowest BCUT2D eigenvalue weighted by molar-refractivity contribution is -0.161. The van der Waals surface area contributed by atoms with Crippen molar-refractivity contribution >= 4 is 25.7 Å². The zero-order chi connectivity index (χ0) is 45.6. The summed E-state index contributed by atoms with van der Waals surface area (Å²) in [6, 6.07) is -1.52. The lowest BCUT2D eigenvalue weighted by Crippen LogP contribution is -2.34. The number of unbranched alkanes of at least 4 members (excludes halogenated alkanes) is 27. The number of hydrogen-bond donors (Lipinski definition) is 3. The molecule has 0 spiro atoms. The van der Waals surface area contributed by atoms with Gasteiger partial charge in [0.05, 0.1) is 13.2 Å². The van der Waals surface area contributed by atoms with E-state index in [-0.39, 0.29) is 19.4 Å². The first-order valence-electron chi connectivity index (χ1n) is 25.0. The summed E-state index contributed by atoms with van der Waals surface area (Å²) >= 11 is 0. The van der Waals surface area contributed by atoms with Gasteiger partial charge in [-0.2, -0.15) is 0 Å². The maximum Gasteiger partial charge on any atom is 0.472 e. The van der Waals surface area contributed by atoms with Crippen LogP contribution in [0.3, 0.4) is 0 Å². The fourth-order valence-corrected chi connectivity index (χ4v) is 7.69. The number of ether oxygens (including phenoxy) is 2. The van der Waals surface area contributed by atoms with Crippen LogP contribution in [0.5, 0.6) is 0 Å². The molecule has 12 heteroatoms. The van der Waals surface area contributed by atoms with Gasteiger partial charge >= 0.3 is 25.7 Å². The van der Waals surface area contributed by atoms with Crippen molar-refractivity contribution < 1.29 is 47.5 Å². The van der Waals surface area contributed by atoms with Crippen LogP contribution in [0.2, 0.25) is 0 Å². The molecule has 0 rings (SSSR count). The minimum Gasteiger partial charge on any atom is -0.480 e. The van der Waals surface area contributed by atoms with Gasteiger partial charge in [0.2, 0.25) is 0 Å². The number of carbonyl (C=O) groups is 3. The third-order valence-corrected chi connectivity index (χ3v) is 11.8. The number of carbonyl (C=O) groups excluding carboxylic acids is 2. The highest BCUT2D eigenvalue weighted by molar-refractivity contribution is 7.47. The monoisotopic (exact) mass is 898 g/mol. The van der Waals surface area contributed by atoms with E-state index in [1.54, 1.807) is 0 Å². The minimum atomic E-state index is -4.72. The predicted octanol–water partition coefficient (Wildman–Crippen LogP) is 14.0. The van der Waals surface area contributed by atoms with Gasteiger partial charge in [0.1, 0.15) is 12.6 Å². The summed E-state index contributed by atoms with van der Waals surface area (Å²) < 4.78 is 32.8. The Kier molecular flexibility index (Phi) is 43.6. The number of carboxylic acids is 1. The molecule has 0 aromatic rings. The molecule has 0 saturated heterocycles. The highest BCUT2D eigenvalue weighted by Crippen LogP contribution is 2.43. The molecule has 0 aliphatic carbocycles. The maximum absolute atomic E-state index is 12.7. The molecule has 0 heterocycles. The maximum atomic E-state index is 12.7. The molecule has 0 aliphatic heterocycles. The molecule has 4 N–H and O–H groups in total. The molecule has 0 bridgehead atoms. The molecule has 0 radical (unpaired) electrons. The van der Waals surface area contributed by atoms with Gasteiger partial charge in [-0.15, -0.1) is 0 Å². The van der Waals surface area contributed by atoms with Gasteiger partial charge in [0.15, 0.2) is 6.10 Å². The number of phosphoric ester groups is 1. The zero-order valence-corrected chi connectivity index (χ0v) is 40.4. The van der Waals surface area contributed by atoms with Crippen LogP contribution in [-0.4, -0.2) is 59.9 Å². The lowest BCUT2D eigenvalue weighted by atomic mass is 10.1. The number of esters is 2. The molecule has 0 aromatic heterocycles. The average molecular weight is 898 g/mol. The Morgan fingerprint density at radius 1 is 0.500 bits per heavy atom. The Morgan fingerprint density at radius 3 is 1.27 bits per heavy atom. The fourth-order valence-electron chi connectivity index (χ4n) is 6.91. The van der Waals surface area contributed by atoms with Crippen LogP contribution in [0.4, 0.5) is 0 Å². The Hall–Kier alpha value is -2.30. The highest BCUT2D eigenvalue weighted by atomic mass is 31.2. The van der Waals surface area contributed by atoms with E-state index in [1.807, 2.05) is 0 Å². The van der Waals surface area contributed by atoms with Gasteiger partial charge < -0.3 is 25.2 Å². The van der Waals surface area contributed by atoms with Crippen molar-refractivity contribution in [1.82, 2.24) is 0 Å². The number of aliphatic carboxylic acids is 1. The van der Waals surface area contributed by atoms with Crippen molar-refractivity contribution in [3.8, 4) is 0 Å². The first-order valence-corrected chi connectivity index (χ1v) is 26.5. The SMILES string of the molecule is CCCCCCC/C=C\C/C=C\CCCCCCCCCCCC(=O)OC(COC(=O)CCCCCCCCC/C=C\CCCCCCCC)COP(=O)(O)OCC(N)C(=O)O.